The van der Waals surface area contributed by atoms with E-state index in [0.29, 0.717) is 19.1 Å². The molecule has 0 spiro atoms. The van der Waals surface area contributed by atoms with Crippen molar-refractivity contribution < 1.29 is 9.53 Å². The van der Waals surface area contributed by atoms with Crippen LogP contribution in [0.5, 0.6) is 0 Å². The third-order valence-electron chi connectivity index (χ3n) is 2.66. The molecule has 0 aromatic heterocycles. The average Bonchev–Trinajstić information content (AvgIpc) is 2.37. The molecule has 0 aliphatic rings. The van der Waals surface area contributed by atoms with Gasteiger partial charge in [0.1, 0.15) is 6.61 Å². The van der Waals surface area contributed by atoms with Gasteiger partial charge in [0, 0.05) is 13.1 Å². The van der Waals surface area contributed by atoms with E-state index >= 15 is 0 Å². The molecule has 0 aliphatic heterocycles. The minimum Gasteiger partial charge on any atom is -0.445 e. The van der Waals surface area contributed by atoms with Crippen LogP contribution in [-0.2, 0) is 11.3 Å². The lowest BCUT2D eigenvalue weighted by atomic mass is 10.0. The summed E-state index contributed by atoms with van der Waals surface area (Å²) in [7, 11) is 1.84. The van der Waals surface area contributed by atoms with Gasteiger partial charge in [-0.3, -0.25) is 0 Å². The molecule has 0 saturated heterocycles. The zero-order valence-electron chi connectivity index (χ0n) is 11.3. The summed E-state index contributed by atoms with van der Waals surface area (Å²) >= 11 is 0. The Hall–Kier alpha value is -1.55. The van der Waals surface area contributed by atoms with Crippen LogP contribution in [0.1, 0.15) is 30.9 Å². The fourth-order valence-corrected chi connectivity index (χ4v) is 1.49. The van der Waals surface area contributed by atoms with E-state index in [-0.39, 0.29) is 6.09 Å². The van der Waals surface area contributed by atoms with Gasteiger partial charge in [0.05, 0.1) is 0 Å². The Kier molecular flexibility index (Phi) is 6.22. The maximum absolute atomic E-state index is 11.3. The van der Waals surface area contributed by atoms with E-state index in [1.807, 2.05) is 19.2 Å². The van der Waals surface area contributed by atoms with Gasteiger partial charge in [0.25, 0.3) is 0 Å². The fourth-order valence-electron chi connectivity index (χ4n) is 1.49. The Morgan fingerprint density at radius 1 is 1.22 bits per heavy atom. The van der Waals surface area contributed by atoms with E-state index in [9.17, 15) is 4.79 Å². The third-order valence-corrected chi connectivity index (χ3v) is 2.66. The first kappa shape index (κ1) is 14.5. The quantitative estimate of drug-likeness (QED) is 0.761. The van der Waals surface area contributed by atoms with Crippen LogP contribution in [0.25, 0.3) is 0 Å². The molecule has 1 rings (SSSR count). The second-order valence-electron chi connectivity index (χ2n) is 4.50. The van der Waals surface area contributed by atoms with Gasteiger partial charge in [-0.05, 0) is 24.1 Å². The molecule has 0 aliphatic carbocycles. The Labute approximate surface area is 109 Å². The second kappa shape index (κ2) is 7.71. The van der Waals surface area contributed by atoms with Crippen LogP contribution in [0, 0.1) is 0 Å². The number of rotatable bonds is 6. The Morgan fingerprint density at radius 2 is 1.89 bits per heavy atom. The van der Waals surface area contributed by atoms with Crippen LogP contribution < -0.4 is 10.6 Å². The monoisotopic (exact) mass is 250 g/mol. The van der Waals surface area contributed by atoms with Crippen molar-refractivity contribution in [1.29, 1.82) is 0 Å². The summed E-state index contributed by atoms with van der Waals surface area (Å²) < 4.78 is 5.10. The Balaban J connectivity index is 2.32. The maximum Gasteiger partial charge on any atom is 0.407 e. The van der Waals surface area contributed by atoms with Gasteiger partial charge in [-0.15, -0.1) is 0 Å². The average molecular weight is 250 g/mol. The Morgan fingerprint density at radius 3 is 2.44 bits per heavy atom. The molecule has 1 amide bonds. The number of likely N-dealkylation sites (N-methyl/N-ethyl adjacent to an activating group) is 1. The minimum absolute atomic E-state index is 0.309. The third kappa shape index (κ3) is 5.19. The van der Waals surface area contributed by atoms with E-state index in [2.05, 4.69) is 36.6 Å². The summed E-state index contributed by atoms with van der Waals surface area (Å²) in [5.74, 6) is 0.518. The van der Waals surface area contributed by atoms with Gasteiger partial charge in [-0.1, -0.05) is 38.1 Å². The van der Waals surface area contributed by atoms with Crippen molar-refractivity contribution in [3.63, 3.8) is 0 Å². The van der Waals surface area contributed by atoms with Gasteiger partial charge in [-0.25, -0.2) is 4.79 Å². The number of amides is 1. The van der Waals surface area contributed by atoms with Gasteiger partial charge >= 0.3 is 6.09 Å². The molecule has 0 atom stereocenters. The SMILES string of the molecule is CNCCNC(=O)OCc1ccc(C(C)C)cc1. The normalized spacial score (nSPS) is 10.4. The van der Waals surface area contributed by atoms with E-state index in [1.165, 1.54) is 5.56 Å². The predicted molar refractivity (Wildman–Crippen MR) is 72.6 cm³/mol. The first-order valence-corrected chi connectivity index (χ1v) is 6.27. The molecule has 18 heavy (non-hydrogen) atoms. The van der Waals surface area contributed by atoms with Crippen molar-refractivity contribution in [3.8, 4) is 0 Å². The smallest absolute Gasteiger partial charge is 0.407 e. The molecule has 100 valence electrons. The van der Waals surface area contributed by atoms with E-state index in [1.54, 1.807) is 0 Å². The number of benzene rings is 1. The first-order valence-electron chi connectivity index (χ1n) is 6.27. The Bertz CT molecular complexity index is 361. The van der Waals surface area contributed by atoms with E-state index in [4.69, 9.17) is 4.74 Å². The largest absolute Gasteiger partial charge is 0.445 e. The number of ether oxygens (including phenoxy) is 1. The van der Waals surface area contributed by atoms with Crippen LogP contribution in [0.4, 0.5) is 4.79 Å². The van der Waals surface area contributed by atoms with Crippen molar-refractivity contribution in [2.45, 2.75) is 26.4 Å². The van der Waals surface area contributed by atoms with Crippen molar-refractivity contribution in [3.05, 3.63) is 35.4 Å². The molecule has 4 nitrogen and oxygen atoms in total. The summed E-state index contributed by atoms with van der Waals surface area (Å²) in [6.07, 6.45) is -0.377. The molecule has 0 fully saturated rings. The highest BCUT2D eigenvalue weighted by Gasteiger charge is 2.02. The number of hydrogen-bond donors (Lipinski definition) is 2. The number of carbonyl (C=O) groups is 1. The van der Waals surface area contributed by atoms with Crippen LogP contribution in [-0.4, -0.2) is 26.2 Å². The zero-order valence-corrected chi connectivity index (χ0v) is 11.3. The van der Waals surface area contributed by atoms with Crippen molar-refractivity contribution in [2.75, 3.05) is 20.1 Å². The lowest BCUT2D eigenvalue weighted by molar-refractivity contribution is 0.140. The molecule has 0 radical (unpaired) electrons. The van der Waals surface area contributed by atoms with Crippen LogP contribution >= 0.6 is 0 Å². The highest BCUT2D eigenvalue weighted by atomic mass is 16.5. The number of hydrogen-bond acceptors (Lipinski definition) is 3. The number of alkyl carbamates (subject to hydrolysis) is 1. The maximum atomic E-state index is 11.3. The molecule has 0 heterocycles. The topological polar surface area (TPSA) is 50.4 Å². The highest BCUT2D eigenvalue weighted by Crippen LogP contribution is 2.14. The van der Waals surface area contributed by atoms with E-state index < -0.39 is 0 Å². The predicted octanol–water partition coefficient (Wildman–Crippen LogP) is 2.26. The lowest BCUT2D eigenvalue weighted by Crippen LogP contribution is -2.30. The summed E-state index contributed by atoms with van der Waals surface area (Å²) in [6.45, 7) is 5.92. The molecular weight excluding hydrogens is 228 g/mol. The fraction of sp³-hybridized carbons (Fsp3) is 0.500. The number of carbonyl (C=O) groups excluding carboxylic acids is 1. The summed E-state index contributed by atoms with van der Waals surface area (Å²) in [4.78, 5) is 11.3. The zero-order chi connectivity index (χ0) is 13.4. The van der Waals surface area contributed by atoms with Crippen molar-refractivity contribution >= 4 is 6.09 Å². The first-order chi connectivity index (χ1) is 8.63. The van der Waals surface area contributed by atoms with Crippen molar-refractivity contribution in [2.24, 2.45) is 0 Å². The summed E-state index contributed by atoms with van der Waals surface area (Å²) in [6, 6.07) is 8.14. The van der Waals surface area contributed by atoms with Gasteiger partial charge in [-0.2, -0.15) is 0 Å². The lowest BCUT2D eigenvalue weighted by Gasteiger charge is -2.08. The van der Waals surface area contributed by atoms with Crippen LogP contribution in [0.3, 0.4) is 0 Å². The van der Waals surface area contributed by atoms with Crippen LogP contribution in [0.2, 0.25) is 0 Å². The standard InChI is InChI=1S/C14H22N2O2/c1-11(2)13-6-4-12(5-7-13)10-18-14(17)16-9-8-15-3/h4-7,11,15H,8-10H2,1-3H3,(H,16,17). The minimum atomic E-state index is -0.377. The molecule has 1 aromatic carbocycles. The molecule has 4 heteroatoms. The number of nitrogens with one attached hydrogen (secondary N) is 2. The molecule has 0 unspecified atom stereocenters. The van der Waals surface area contributed by atoms with Crippen molar-refractivity contribution in [1.82, 2.24) is 10.6 Å². The summed E-state index contributed by atoms with van der Waals surface area (Å²) in [5, 5.41) is 5.60. The van der Waals surface area contributed by atoms with Gasteiger partial charge in [0.15, 0.2) is 0 Å². The van der Waals surface area contributed by atoms with Gasteiger partial charge < -0.3 is 15.4 Å². The van der Waals surface area contributed by atoms with Crippen LogP contribution in [0.15, 0.2) is 24.3 Å². The van der Waals surface area contributed by atoms with Gasteiger partial charge in [0.2, 0.25) is 0 Å². The molecule has 2 N–H and O–H groups in total. The summed E-state index contributed by atoms with van der Waals surface area (Å²) in [5.41, 5.74) is 2.29. The molecule has 1 aromatic rings. The molecule has 0 bridgehead atoms. The second-order valence-corrected chi connectivity index (χ2v) is 4.50. The molecule has 0 saturated carbocycles. The van der Waals surface area contributed by atoms with E-state index in [0.717, 1.165) is 12.1 Å². The molecular formula is C14H22N2O2. The highest BCUT2D eigenvalue weighted by molar-refractivity contribution is 5.67.